The van der Waals surface area contributed by atoms with Crippen LogP contribution in [0.25, 0.3) is 11.1 Å². The van der Waals surface area contributed by atoms with Crippen molar-refractivity contribution in [3.8, 4) is 11.1 Å². The van der Waals surface area contributed by atoms with Gasteiger partial charge in [-0.1, -0.05) is 0 Å². The van der Waals surface area contributed by atoms with E-state index in [0.717, 1.165) is 42.8 Å². The van der Waals surface area contributed by atoms with Crippen molar-refractivity contribution in [2.75, 3.05) is 25.0 Å². The van der Waals surface area contributed by atoms with E-state index in [4.69, 9.17) is 0 Å². The smallest absolute Gasteiger partial charge is 0.240 e. The minimum atomic E-state index is -0.0253. The molecule has 3 aromatic rings. The number of amides is 1. The van der Waals surface area contributed by atoms with Crippen molar-refractivity contribution in [3.63, 3.8) is 0 Å². The minimum Gasteiger partial charge on any atom is -0.301 e. The Hall–Kier alpha value is -2.71. The molecule has 1 atom stereocenters. The second-order valence-corrected chi connectivity index (χ2v) is 7.41. The quantitative estimate of drug-likeness (QED) is 0.733. The maximum atomic E-state index is 12.3. The Morgan fingerprint density at radius 3 is 2.93 bits per heavy atom. The molecule has 0 saturated carbocycles. The van der Waals surface area contributed by atoms with E-state index in [-0.39, 0.29) is 11.8 Å². The Kier molecular flexibility index (Phi) is 5.45. The van der Waals surface area contributed by atoms with Gasteiger partial charge in [0.15, 0.2) is 5.13 Å². The molecule has 3 aromatic heterocycles. The number of hydrogen-bond donors (Lipinski definition) is 1. The standard InChI is InChI=1S/C19H20N6OS/c26-17(24-19-22-7-9-27-19)12-25-8-1-2-15(11-25)18-16(10-21-13-23-18)14-3-5-20-6-4-14/h3-7,9-10,13,15H,1-2,8,11-12H2,(H,22,24,26). The average Bonchev–Trinajstić information content (AvgIpc) is 3.22. The molecule has 1 N–H and O–H groups in total. The van der Waals surface area contributed by atoms with E-state index in [1.165, 1.54) is 11.3 Å². The second kappa shape index (κ2) is 8.32. The van der Waals surface area contributed by atoms with E-state index in [1.54, 1.807) is 24.9 Å². The summed E-state index contributed by atoms with van der Waals surface area (Å²) in [4.78, 5) is 31.5. The third-order valence-electron chi connectivity index (χ3n) is 4.67. The van der Waals surface area contributed by atoms with Gasteiger partial charge in [-0.25, -0.2) is 15.0 Å². The van der Waals surface area contributed by atoms with Gasteiger partial charge < -0.3 is 5.32 Å². The fourth-order valence-corrected chi connectivity index (χ4v) is 4.03. The monoisotopic (exact) mass is 380 g/mol. The molecule has 0 bridgehead atoms. The van der Waals surface area contributed by atoms with E-state index in [0.29, 0.717) is 11.7 Å². The zero-order chi connectivity index (χ0) is 18.5. The van der Waals surface area contributed by atoms with Gasteiger partial charge in [0.2, 0.25) is 5.91 Å². The fraction of sp³-hybridized carbons (Fsp3) is 0.316. The normalized spacial score (nSPS) is 17.6. The SMILES string of the molecule is O=C(CN1CCCC(c2ncncc2-c2ccncc2)C1)Nc1nccs1. The highest BCUT2D eigenvalue weighted by Crippen LogP contribution is 2.32. The van der Waals surface area contributed by atoms with Crippen LogP contribution in [-0.2, 0) is 4.79 Å². The van der Waals surface area contributed by atoms with Gasteiger partial charge in [-0.05, 0) is 37.1 Å². The molecule has 8 heteroatoms. The lowest BCUT2D eigenvalue weighted by atomic mass is 9.90. The van der Waals surface area contributed by atoms with Crippen molar-refractivity contribution >= 4 is 22.4 Å². The summed E-state index contributed by atoms with van der Waals surface area (Å²) in [5, 5.41) is 5.35. The summed E-state index contributed by atoms with van der Waals surface area (Å²) in [5.41, 5.74) is 3.15. The van der Waals surface area contributed by atoms with Crippen LogP contribution in [0, 0.1) is 0 Å². The molecule has 1 unspecified atom stereocenters. The molecule has 4 rings (SSSR count). The van der Waals surface area contributed by atoms with Gasteiger partial charge in [0.1, 0.15) is 6.33 Å². The highest BCUT2D eigenvalue weighted by molar-refractivity contribution is 7.13. The predicted octanol–water partition coefficient (Wildman–Crippen LogP) is 2.81. The molecule has 1 fully saturated rings. The van der Waals surface area contributed by atoms with Gasteiger partial charge in [-0.15, -0.1) is 11.3 Å². The summed E-state index contributed by atoms with van der Waals surface area (Å²) >= 11 is 1.43. The van der Waals surface area contributed by atoms with Crippen LogP contribution in [0.5, 0.6) is 0 Å². The van der Waals surface area contributed by atoms with Gasteiger partial charge in [-0.3, -0.25) is 14.7 Å². The van der Waals surface area contributed by atoms with Crippen LogP contribution in [0.1, 0.15) is 24.5 Å². The topological polar surface area (TPSA) is 83.9 Å². The molecule has 0 radical (unpaired) electrons. The van der Waals surface area contributed by atoms with Crippen molar-refractivity contribution in [1.82, 2.24) is 24.8 Å². The Labute approximate surface area is 161 Å². The molecular formula is C19H20N6OS. The Balaban J connectivity index is 1.47. The minimum absolute atomic E-state index is 0.0253. The first kappa shape index (κ1) is 17.7. The third-order valence-corrected chi connectivity index (χ3v) is 5.36. The first-order valence-corrected chi connectivity index (χ1v) is 9.79. The Bertz CT molecular complexity index is 886. The van der Waals surface area contributed by atoms with Crippen molar-refractivity contribution in [2.24, 2.45) is 0 Å². The van der Waals surface area contributed by atoms with Gasteiger partial charge in [0.25, 0.3) is 0 Å². The van der Waals surface area contributed by atoms with Gasteiger partial charge in [-0.2, -0.15) is 0 Å². The number of anilines is 1. The first-order valence-electron chi connectivity index (χ1n) is 8.91. The number of nitrogens with one attached hydrogen (secondary N) is 1. The van der Waals surface area contributed by atoms with Crippen LogP contribution < -0.4 is 5.32 Å². The largest absolute Gasteiger partial charge is 0.301 e. The number of carbonyl (C=O) groups excluding carboxylic acids is 1. The molecule has 1 saturated heterocycles. The molecule has 0 aromatic carbocycles. The molecule has 1 aliphatic heterocycles. The van der Waals surface area contributed by atoms with E-state index in [9.17, 15) is 4.79 Å². The van der Waals surface area contributed by atoms with E-state index in [1.807, 2.05) is 23.7 Å². The number of hydrogen-bond acceptors (Lipinski definition) is 7. The number of nitrogens with zero attached hydrogens (tertiary/aromatic N) is 5. The van der Waals surface area contributed by atoms with Gasteiger partial charge >= 0.3 is 0 Å². The predicted molar refractivity (Wildman–Crippen MR) is 104 cm³/mol. The summed E-state index contributed by atoms with van der Waals surface area (Å²) in [5.74, 6) is 0.250. The van der Waals surface area contributed by atoms with Gasteiger partial charge in [0.05, 0.1) is 12.2 Å². The fourth-order valence-electron chi connectivity index (χ4n) is 3.49. The van der Waals surface area contributed by atoms with E-state index in [2.05, 4.69) is 30.2 Å². The maximum Gasteiger partial charge on any atom is 0.240 e. The summed E-state index contributed by atoms with van der Waals surface area (Å²) in [6.45, 7) is 2.09. The lowest BCUT2D eigenvalue weighted by Crippen LogP contribution is -2.40. The molecular weight excluding hydrogens is 360 g/mol. The lowest BCUT2D eigenvalue weighted by molar-refractivity contribution is -0.117. The van der Waals surface area contributed by atoms with Crippen molar-refractivity contribution in [2.45, 2.75) is 18.8 Å². The second-order valence-electron chi connectivity index (χ2n) is 6.52. The molecule has 4 heterocycles. The van der Waals surface area contributed by atoms with Crippen LogP contribution in [0.4, 0.5) is 5.13 Å². The number of aromatic nitrogens is 4. The number of rotatable bonds is 5. The van der Waals surface area contributed by atoms with Crippen molar-refractivity contribution in [3.05, 3.63) is 54.3 Å². The van der Waals surface area contributed by atoms with Crippen LogP contribution in [0.15, 0.2) is 48.6 Å². The highest BCUT2D eigenvalue weighted by Gasteiger charge is 2.26. The summed E-state index contributed by atoms with van der Waals surface area (Å²) < 4.78 is 0. The molecule has 1 aliphatic rings. The maximum absolute atomic E-state index is 12.3. The number of pyridine rings is 1. The zero-order valence-electron chi connectivity index (χ0n) is 14.8. The van der Waals surface area contributed by atoms with Crippen molar-refractivity contribution < 1.29 is 4.79 Å². The molecule has 1 amide bonds. The average molecular weight is 380 g/mol. The van der Waals surface area contributed by atoms with Crippen LogP contribution in [0.3, 0.4) is 0 Å². The van der Waals surface area contributed by atoms with E-state index < -0.39 is 0 Å². The molecule has 0 aliphatic carbocycles. The first-order chi connectivity index (χ1) is 13.3. The highest BCUT2D eigenvalue weighted by atomic mass is 32.1. The summed E-state index contributed by atoms with van der Waals surface area (Å²) in [6.07, 6.45) is 10.8. The van der Waals surface area contributed by atoms with Crippen LogP contribution in [0.2, 0.25) is 0 Å². The summed E-state index contributed by atoms with van der Waals surface area (Å²) in [7, 11) is 0. The van der Waals surface area contributed by atoms with E-state index >= 15 is 0 Å². The number of piperidine rings is 1. The van der Waals surface area contributed by atoms with Crippen LogP contribution >= 0.6 is 11.3 Å². The zero-order valence-corrected chi connectivity index (χ0v) is 15.6. The molecule has 138 valence electrons. The lowest BCUT2D eigenvalue weighted by Gasteiger charge is -2.32. The Morgan fingerprint density at radius 2 is 2.11 bits per heavy atom. The molecule has 7 nitrogen and oxygen atoms in total. The summed E-state index contributed by atoms with van der Waals surface area (Å²) in [6, 6.07) is 3.95. The van der Waals surface area contributed by atoms with Crippen LogP contribution in [-0.4, -0.2) is 50.4 Å². The number of likely N-dealkylation sites (tertiary alicyclic amines) is 1. The third kappa shape index (κ3) is 4.35. The van der Waals surface area contributed by atoms with Gasteiger partial charge in [0, 0.05) is 48.2 Å². The van der Waals surface area contributed by atoms with Crippen molar-refractivity contribution in [1.29, 1.82) is 0 Å². The number of carbonyl (C=O) groups is 1. The molecule has 27 heavy (non-hydrogen) atoms. The Morgan fingerprint density at radius 1 is 1.22 bits per heavy atom. The molecule has 0 spiro atoms. The number of thiazole rings is 1.